The zero-order chi connectivity index (χ0) is 13.4. The molecule has 2 aromatic rings. The van der Waals surface area contributed by atoms with Crippen molar-refractivity contribution >= 4 is 11.5 Å². The molecule has 18 heavy (non-hydrogen) atoms. The summed E-state index contributed by atoms with van der Waals surface area (Å²) in [5.41, 5.74) is 11.9. The summed E-state index contributed by atoms with van der Waals surface area (Å²) < 4.78 is 0. The topological polar surface area (TPSA) is 58.9 Å². The number of benzene rings is 1. The smallest absolute Gasteiger partial charge is 0.209 e. The zero-order valence-electron chi connectivity index (χ0n) is 11.2. The van der Waals surface area contributed by atoms with Gasteiger partial charge in [-0.3, -0.25) is 4.79 Å². The van der Waals surface area contributed by atoms with Crippen LogP contribution in [0.3, 0.4) is 0 Å². The Labute approximate surface area is 107 Å². The number of H-pyrrole nitrogens is 1. The molecule has 1 aromatic carbocycles. The van der Waals surface area contributed by atoms with Crippen LogP contribution in [0.2, 0.25) is 0 Å². The first-order valence-electron chi connectivity index (χ1n) is 5.99. The van der Waals surface area contributed by atoms with Gasteiger partial charge in [0.05, 0.1) is 5.69 Å². The van der Waals surface area contributed by atoms with Gasteiger partial charge < -0.3 is 10.7 Å². The first-order chi connectivity index (χ1) is 8.43. The minimum atomic E-state index is 0.00787. The van der Waals surface area contributed by atoms with Crippen LogP contribution >= 0.6 is 0 Å². The lowest BCUT2D eigenvalue weighted by atomic mass is 9.99. The molecule has 0 spiro atoms. The number of aryl methyl sites for hydroxylation is 1. The van der Waals surface area contributed by atoms with E-state index >= 15 is 0 Å². The fraction of sp³-hybridized carbons (Fsp3) is 0.267. The predicted molar refractivity (Wildman–Crippen MR) is 74.0 cm³/mol. The molecule has 0 atom stereocenters. The van der Waals surface area contributed by atoms with Crippen LogP contribution in [0.15, 0.2) is 18.2 Å². The Morgan fingerprint density at radius 3 is 2.28 bits per heavy atom. The molecule has 0 radical (unpaired) electrons. The first-order valence-corrected chi connectivity index (χ1v) is 5.99. The van der Waals surface area contributed by atoms with E-state index in [4.69, 9.17) is 5.73 Å². The van der Waals surface area contributed by atoms with Crippen molar-refractivity contribution in [2.24, 2.45) is 0 Å². The van der Waals surface area contributed by atoms with Crippen molar-refractivity contribution in [2.75, 3.05) is 5.73 Å². The first kappa shape index (κ1) is 12.4. The average Bonchev–Trinajstić information content (AvgIpc) is 2.60. The Bertz CT molecular complexity index is 624. The molecule has 3 N–H and O–H groups in total. The maximum absolute atomic E-state index is 12.5. The van der Waals surface area contributed by atoms with Crippen molar-refractivity contribution < 1.29 is 4.79 Å². The summed E-state index contributed by atoms with van der Waals surface area (Å²) in [6, 6.07) is 5.44. The Morgan fingerprint density at radius 1 is 1.06 bits per heavy atom. The highest BCUT2D eigenvalue weighted by molar-refractivity contribution is 6.10. The van der Waals surface area contributed by atoms with E-state index in [9.17, 15) is 4.79 Å². The third-order valence-corrected chi connectivity index (χ3v) is 3.66. The number of hydrogen-bond acceptors (Lipinski definition) is 2. The maximum Gasteiger partial charge on any atom is 0.209 e. The van der Waals surface area contributed by atoms with E-state index in [0.29, 0.717) is 16.9 Å². The van der Waals surface area contributed by atoms with E-state index in [1.165, 1.54) is 0 Å². The van der Waals surface area contributed by atoms with Gasteiger partial charge >= 0.3 is 0 Å². The molecule has 0 saturated heterocycles. The second-order valence-corrected chi connectivity index (χ2v) is 4.72. The number of carbonyl (C=O) groups is 1. The number of nitrogens with one attached hydrogen (secondary N) is 1. The summed E-state index contributed by atoms with van der Waals surface area (Å²) in [7, 11) is 0. The van der Waals surface area contributed by atoms with Crippen LogP contribution < -0.4 is 5.73 Å². The van der Waals surface area contributed by atoms with Crippen LogP contribution in [-0.4, -0.2) is 10.8 Å². The molecule has 0 amide bonds. The Kier molecular flexibility index (Phi) is 2.99. The predicted octanol–water partition coefficient (Wildman–Crippen LogP) is 3.06. The molecule has 1 heterocycles. The van der Waals surface area contributed by atoms with Crippen molar-refractivity contribution in [3.05, 3.63) is 51.8 Å². The van der Waals surface area contributed by atoms with Gasteiger partial charge in [-0.25, -0.2) is 0 Å². The Balaban J connectivity index is 2.55. The summed E-state index contributed by atoms with van der Waals surface area (Å²) in [4.78, 5) is 15.7. The molecule has 0 aliphatic rings. The van der Waals surface area contributed by atoms with Crippen LogP contribution in [-0.2, 0) is 0 Å². The fourth-order valence-corrected chi connectivity index (χ4v) is 2.10. The molecule has 0 unspecified atom stereocenters. The van der Waals surface area contributed by atoms with Gasteiger partial charge in [0.1, 0.15) is 0 Å². The normalized spacial score (nSPS) is 10.7. The minimum Gasteiger partial charge on any atom is -0.398 e. The van der Waals surface area contributed by atoms with Gasteiger partial charge in [0.2, 0.25) is 5.78 Å². The number of hydrogen-bond donors (Lipinski definition) is 2. The van der Waals surface area contributed by atoms with E-state index < -0.39 is 0 Å². The molecule has 0 aliphatic heterocycles. The van der Waals surface area contributed by atoms with Gasteiger partial charge in [0.15, 0.2) is 0 Å². The van der Waals surface area contributed by atoms with Gasteiger partial charge in [0.25, 0.3) is 0 Å². The summed E-state index contributed by atoms with van der Waals surface area (Å²) in [5, 5.41) is 0. The number of aromatic nitrogens is 1. The van der Waals surface area contributed by atoms with Crippen LogP contribution in [0, 0.1) is 27.7 Å². The van der Waals surface area contributed by atoms with Gasteiger partial charge in [-0.2, -0.15) is 0 Å². The van der Waals surface area contributed by atoms with E-state index in [1.807, 2.05) is 45.9 Å². The molecule has 0 saturated carbocycles. The highest BCUT2D eigenvalue weighted by Gasteiger charge is 2.18. The van der Waals surface area contributed by atoms with E-state index in [1.54, 1.807) is 0 Å². The van der Waals surface area contributed by atoms with Gasteiger partial charge in [-0.1, -0.05) is 12.1 Å². The number of rotatable bonds is 2. The lowest BCUT2D eigenvalue weighted by molar-refractivity contribution is 0.103. The maximum atomic E-state index is 12.5. The molecule has 1 aromatic heterocycles. The highest BCUT2D eigenvalue weighted by Crippen LogP contribution is 2.23. The van der Waals surface area contributed by atoms with Crippen molar-refractivity contribution in [3.8, 4) is 0 Å². The van der Waals surface area contributed by atoms with E-state index in [2.05, 4.69) is 4.98 Å². The summed E-state index contributed by atoms with van der Waals surface area (Å²) >= 11 is 0. The largest absolute Gasteiger partial charge is 0.398 e. The summed E-state index contributed by atoms with van der Waals surface area (Å²) in [6.07, 6.45) is 0. The standard InChI is InChI=1S/C15H18N2O/c1-8-9(2)14(17-11(8)4)15(18)12-6-5-7-13(16)10(12)3/h5-7,17H,16H2,1-4H3. The van der Waals surface area contributed by atoms with Crippen molar-refractivity contribution in [1.82, 2.24) is 4.98 Å². The monoisotopic (exact) mass is 242 g/mol. The average molecular weight is 242 g/mol. The van der Waals surface area contributed by atoms with E-state index in [0.717, 1.165) is 22.4 Å². The lowest BCUT2D eigenvalue weighted by Gasteiger charge is -2.07. The molecule has 94 valence electrons. The number of anilines is 1. The highest BCUT2D eigenvalue weighted by atomic mass is 16.1. The van der Waals surface area contributed by atoms with E-state index in [-0.39, 0.29) is 5.78 Å². The zero-order valence-corrected chi connectivity index (χ0v) is 11.2. The molecule has 3 heteroatoms. The van der Waals surface area contributed by atoms with Crippen LogP contribution in [0.4, 0.5) is 5.69 Å². The van der Waals surface area contributed by atoms with Crippen molar-refractivity contribution in [3.63, 3.8) is 0 Å². The molecular formula is C15H18N2O. The number of ketones is 1. The second-order valence-electron chi connectivity index (χ2n) is 4.72. The second kappa shape index (κ2) is 4.33. The minimum absolute atomic E-state index is 0.00787. The molecule has 3 nitrogen and oxygen atoms in total. The lowest BCUT2D eigenvalue weighted by Crippen LogP contribution is -2.07. The van der Waals surface area contributed by atoms with Crippen LogP contribution in [0.5, 0.6) is 0 Å². The number of aromatic amines is 1. The number of carbonyl (C=O) groups excluding carboxylic acids is 1. The molecule has 0 aliphatic carbocycles. The number of nitrogens with two attached hydrogens (primary N) is 1. The Morgan fingerprint density at radius 2 is 1.72 bits per heavy atom. The summed E-state index contributed by atoms with van der Waals surface area (Å²) in [5.74, 6) is 0.00787. The number of nitrogen functional groups attached to an aromatic ring is 1. The molecule has 0 fully saturated rings. The van der Waals surface area contributed by atoms with Crippen LogP contribution in [0.1, 0.15) is 38.4 Å². The SMILES string of the molecule is Cc1[nH]c(C(=O)c2cccc(N)c2C)c(C)c1C. The van der Waals surface area contributed by atoms with Crippen LogP contribution in [0.25, 0.3) is 0 Å². The summed E-state index contributed by atoms with van der Waals surface area (Å²) in [6.45, 7) is 7.84. The Hall–Kier alpha value is -2.03. The fourth-order valence-electron chi connectivity index (χ4n) is 2.10. The van der Waals surface area contributed by atoms with Gasteiger partial charge in [-0.15, -0.1) is 0 Å². The van der Waals surface area contributed by atoms with Gasteiger partial charge in [-0.05, 0) is 50.5 Å². The molecule has 0 bridgehead atoms. The quantitative estimate of drug-likeness (QED) is 0.628. The molecular weight excluding hydrogens is 224 g/mol. The molecule has 2 rings (SSSR count). The van der Waals surface area contributed by atoms with Gasteiger partial charge in [0, 0.05) is 16.9 Å². The van der Waals surface area contributed by atoms with Crippen molar-refractivity contribution in [2.45, 2.75) is 27.7 Å². The third kappa shape index (κ3) is 1.82. The third-order valence-electron chi connectivity index (χ3n) is 3.66. The van der Waals surface area contributed by atoms with Crippen molar-refractivity contribution in [1.29, 1.82) is 0 Å².